The van der Waals surface area contributed by atoms with Gasteiger partial charge in [0.1, 0.15) is 0 Å². The van der Waals surface area contributed by atoms with Crippen molar-refractivity contribution in [2.75, 3.05) is 11.9 Å². The molecule has 1 aliphatic rings. The van der Waals surface area contributed by atoms with Gasteiger partial charge in [0.05, 0.1) is 6.42 Å². The second kappa shape index (κ2) is 5.71. The van der Waals surface area contributed by atoms with E-state index >= 15 is 0 Å². The predicted octanol–water partition coefficient (Wildman–Crippen LogP) is 2.92. The summed E-state index contributed by atoms with van der Waals surface area (Å²) in [5.74, 6) is 0.0327. The van der Waals surface area contributed by atoms with Crippen LogP contribution in [0.25, 0.3) is 0 Å². The Labute approximate surface area is 102 Å². The van der Waals surface area contributed by atoms with Crippen molar-refractivity contribution in [1.82, 2.24) is 0 Å². The van der Waals surface area contributed by atoms with Gasteiger partial charge in [0.15, 0.2) is 0 Å². The van der Waals surface area contributed by atoms with Gasteiger partial charge in [-0.05, 0) is 36.5 Å². The highest BCUT2D eigenvalue weighted by atomic mass is 16.4. The fourth-order valence-corrected chi connectivity index (χ4v) is 2.39. The van der Waals surface area contributed by atoms with Crippen molar-refractivity contribution in [2.24, 2.45) is 5.92 Å². The van der Waals surface area contributed by atoms with E-state index in [-0.39, 0.29) is 6.42 Å². The molecule has 0 aromatic heterocycles. The van der Waals surface area contributed by atoms with Crippen LogP contribution in [0, 0.1) is 5.92 Å². The summed E-state index contributed by atoms with van der Waals surface area (Å²) in [6.07, 6.45) is 5.50. The molecule has 3 nitrogen and oxygen atoms in total. The van der Waals surface area contributed by atoms with Crippen LogP contribution in [0.1, 0.15) is 31.2 Å². The highest BCUT2D eigenvalue weighted by Gasteiger charge is 2.14. The van der Waals surface area contributed by atoms with Gasteiger partial charge in [-0.15, -0.1) is 0 Å². The molecule has 1 fully saturated rings. The number of rotatable bonds is 5. The van der Waals surface area contributed by atoms with Crippen LogP contribution < -0.4 is 5.32 Å². The average molecular weight is 233 g/mol. The number of benzene rings is 1. The first-order valence-corrected chi connectivity index (χ1v) is 6.28. The summed E-state index contributed by atoms with van der Waals surface area (Å²) in [5, 5.41) is 12.1. The maximum absolute atomic E-state index is 10.5. The van der Waals surface area contributed by atoms with E-state index in [0.29, 0.717) is 0 Å². The Hall–Kier alpha value is -1.51. The topological polar surface area (TPSA) is 49.3 Å². The van der Waals surface area contributed by atoms with Gasteiger partial charge in [0, 0.05) is 12.2 Å². The normalized spacial score (nSPS) is 16.0. The maximum Gasteiger partial charge on any atom is 0.307 e. The molecule has 0 aliphatic heterocycles. The van der Waals surface area contributed by atoms with Crippen molar-refractivity contribution in [3.63, 3.8) is 0 Å². The number of aliphatic carboxylic acids is 1. The summed E-state index contributed by atoms with van der Waals surface area (Å²) >= 11 is 0. The fraction of sp³-hybridized carbons (Fsp3) is 0.500. The molecule has 2 rings (SSSR count). The van der Waals surface area contributed by atoms with E-state index in [2.05, 4.69) is 5.32 Å². The lowest BCUT2D eigenvalue weighted by molar-refractivity contribution is -0.136. The molecule has 1 aromatic rings. The van der Waals surface area contributed by atoms with Gasteiger partial charge in [-0.1, -0.05) is 25.0 Å². The Morgan fingerprint density at radius 3 is 2.47 bits per heavy atom. The van der Waals surface area contributed by atoms with Crippen LogP contribution in [-0.2, 0) is 11.2 Å². The molecular formula is C14H19NO2. The number of hydrogen-bond acceptors (Lipinski definition) is 2. The van der Waals surface area contributed by atoms with Crippen LogP contribution >= 0.6 is 0 Å². The highest BCUT2D eigenvalue weighted by Crippen LogP contribution is 2.25. The summed E-state index contributed by atoms with van der Waals surface area (Å²) < 4.78 is 0. The summed E-state index contributed by atoms with van der Waals surface area (Å²) in [7, 11) is 0. The van der Waals surface area contributed by atoms with E-state index in [0.717, 1.165) is 23.7 Å². The third kappa shape index (κ3) is 3.77. The molecule has 17 heavy (non-hydrogen) atoms. The van der Waals surface area contributed by atoms with E-state index < -0.39 is 5.97 Å². The van der Waals surface area contributed by atoms with Crippen LogP contribution in [0.2, 0.25) is 0 Å². The molecule has 2 N–H and O–H groups in total. The molecule has 0 spiro atoms. The average Bonchev–Trinajstić information content (AvgIpc) is 2.80. The predicted molar refractivity (Wildman–Crippen MR) is 68.2 cm³/mol. The lowest BCUT2D eigenvalue weighted by Crippen LogP contribution is -2.10. The Morgan fingerprint density at radius 2 is 1.88 bits per heavy atom. The molecule has 0 bridgehead atoms. The molecule has 92 valence electrons. The Morgan fingerprint density at radius 1 is 1.24 bits per heavy atom. The van der Waals surface area contributed by atoms with E-state index in [9.17, 15) is 4.79 Å². The second-order valence-electron chi connectivity index (χ2n) is 4.80. The third-order valence-corrected chi connectivity index (χ3v) is 3.38. The van der Waals surface area contributed by atoms with Crippen molar-refractivity contribution >= 4 is 11.7 Å². The van der Waals surface area contributed by atoms with Gasteiger partial charge in [-0.2, -0.15) is 0 Å². The zero-order valence-electron chi connectivity index (χ0n) is 9.98. The summed E-state index contributed by atoms with van der Waals surface area (Å²) in [6, 6.07) is 7.69. The molecule has 0 radical (unpaired) electrons. The summed E-state index contributed by atoms with van der Waals surface area (Å²) in [4.78, 5) is 10.5. The molecular weight excluding hydrogens is 214 g/mol. The smallest absolute Gasteiger partial charge is 0.307 e. The zero-order chi connectivity index (χ0) is 12.1. The van der Waals surface area contributed by atoms with Crippen LogP contribution in [0.5, 0.6) is 0 Å². The number of carbonyl (C=O) groups is 1. The van der Waals surface area contributed by atoms with Gasteiger partial charge in [-0.3, -0.25) is 4.79 Å². The van der Waals surface area contributed by atoms with Gasteiger partial charge in [-0.25, -0.2) is 0 Å². The van der Waals surface area contributed by atoms with Crippen LogP contribution in [0.4, 0.5) is 5.69 Å². The number of carboxylic acid groups (broad SMARTS) is 1. The maximum atomic E-state index is 10.5. The third-order valence-electron chi connectivity index (χ3n) is 3.38. The van der Waals surface area contributed by atoms with Gasteiger partial charge in [0.25, 0.3) is 0 Å². The SMILES string of the molecule is O=C(O)Cc1ccc(NCC2CCCC2)cc1. The minimum absolute atomic E-state index is 0.100. The number of hydrogen-bond donors (Lipinski definition) is 2. The molecule has 0 unspecified atom stereocenters. The van der Waals surface area contributed by atoms with Gasteiger partial charge < -0.3 is 10.4 Å². The number of carboxylic acids is 1. The van der Waals surface area contributed by atoms with Crippen LogP contribution in [-0.4, -0.2) is 17.6 Å². The van der Waals surface area contributed by atoms with Crippen LogP contribution in [0.15, 0.2) is 24.3 Å². The number of anilines is 1. The lowest BCUT2D eigenvalue weighted by atomic mass is 10.1. The summed E-state index contributed by atoms with van der Waals surface area (Å²) in [6.45, 7) is 1.04. The first-order chi connectivity index (χ1) is 8.24. The second-order valence-corrected chi connectivity index (χ2v) is 4.80. The van der Waals surface area contributed by atoms with E-state index in [1.807, 2.05) is 24.3 Å². The van der Waals surface area contributed by atoms with Crippen LogP contribution in [0.3, 0.4) is 0 Å². The first kappa shape index (κ1) is 12.0. The molecule has 1 saturated carbocycles. The minimum Gasteiger partial charge on any atom is -0.481 e. The Balaban J connectivity index is 1.82. The molecule has 0 saturated heterocycles. The highest BCUT2D eigenvalue weighted by molar-refractivity contribution is 5.70. The van der Waals surface area contributed by atoms with Crippen molar-refractivity contribution in [2.45, 2.75) is 32.1 Å². The lowest BCUT2D eigenvalue weighted by Gasteiger charge is -2.11. The van der Waals surface area contributed by atoms with Crippen molar-refractivity contribution < 1.29 is 9.90 Å². The van der Waals surface area contributed by atoms with E-state index in [4.69, 9.17) is 5.11 Å². The molecule has 0 atom stereocenters. The Kier molecular flexibility index (Phi) is 4.02. The summed E-state index contributed by atoms with van der Waals surface area (Å²) in [5.41, 5.74) is 1.94. The van der Waals surface area contributed by atoms with E-state index in [1.165, 1.54) is 25.7 Å². The molecule has 1 aliphatic carbocycles. The Bertz CT molecular complexity index is 366. The molecule has 3 heteroatoms. The van der Waals surface area contributed by atoms with E-state index in [1.54, 1.807) is 0 Å². The standard InChI is InChI=1S/C14H19NO2/c16-14(17)9-11-5-7-13(8-6-11)15-10-12-3-1-2-4-12/h5-8,12,15H,1-4,9-10H2,(H,16,17). The number of nitrogens with one attached hydrogen (secondary N) is 1. The zero-order valence-corrected chi connectivity index (χ0v) is 9.98. The van der Waals surface area contributed by atoms with Crippen molar-refractivity contribution in [1.29, 1.82) is 0 Å². The van der Waals surface area contributed by atoms with Crippen molar-refractivity contribution in [3.8, 4) is 0 Å². The van der Waals surface area contributed by atoms with Crippen molar-refractivity contribution in [3.05, 3.63) is 29.8 Å². The minimum atomic E-state index is -0.781. The molecule has 0 amide bonds. The molecule has 1 aromatic carbocycles. The molecule has 0 heterocycles. The van der Waals surface area contributed by atoms with Gasteiger partial charge >= 0.3 is 5.97 Å². The first-order valence-electron chi connectivity index (χ1n) is 6.28. The largest absolute Gasteiger partial charge is 0.481 e. The quantitative estimate of drug-likeness (QED) is 0.822. The van der Waals surface area contributed by atoms with Gasteiger partial charge in [0.2, 0.25) is 0 Å². The fourth-order valence-electron chi connectivity index (χ4n) is 2.39. The monoisotopic (exact) mass is 233 g/mol.